The van der Waals surface area contributed by atoms with Crippen LogP contribution in [0.15, 0.2) is 24.3 Å². The van der Waals surface area contributed by atoms with Gasteiger partial charge in [0.25, 0.3) is 0 Å². The highest BCUT2D eigenvalue weighted by atomic mass is 32.1. The van der Waals surface area contributed by atoms with Gasteiger partial charge in [0.2, 0.25) is 11.8 Å². The average Bonchev–Trinajstić information content (AvgIpc) is 3.16. The summed E-state index contributed by atoms with van der Waals surface area (Å²) in [5, 5.41) is 3.39. The third-order valence-corrected chi connectivity index (χ3v) is 5.71. The number of nitrogens with one attached hydrogen (secondary N) is 1. The van der Waals surface area contributed by atoms with Gasteiger partial charge in [0.05, 0.1) is 5.69 Å². The zero-order chi connectivity index (χ0) is 21.0. The van der Waals surface area contributed by atoms with Crippen LogP contribution in [-0.4, -0.2) is 52.8 Å². The van der Waals surface area contributed by atoms with Crippen LogP contribution in [0.3, 0.4) is 0 Å². The van der Waals surface area contributed by atoms with E-state index in [4.69, 9.17) is 0 Å². The number of anilines is 1. The van der Waals surface area contributed by atoms with E-state index in [1.54, 1.807) is 7.05 Å². The van der Waals surface area contributed by atoms with Gasteiger partial charge in [-0.2, -0.15) is 0 Å². The van der Waals surface area contributed by atoms with Crippen molar-refractivity contribution in [3.8, 4) is 11.3 Å². The number of amides is 4. The van der Waals surface area contributed by atoms with E-state index >= 15 is 0 Å². The minimum atomic E-state index is -0.305. The molecule has 0 aliphatic carbocycles. The third-order valence-electron chi connectivity index (χ3n) is 4.83. The van der Waals surface area contributed by atoms with E-state index in [1.807, 2.05) is 6.92 Å². The van der Waals surface area contributed by atoms with Crippen LogP contribution in [-0.2, 0) is 16.0 Å². The largest absolute Gasteiger partial charge is 0.326 e. The Kier molecular flexibility index (Phi) is 6.64. The molecule has 4 amide bonds. The van der Waals surface area contributed by atoms with Crippen LogP contribution in [0.25, 0.3) is 11.3 Å². The summed E-state index contributed by atoms with van der Waals surface area (Å²) >= 11 is 1.44. The molecule has 0 radical (unpaired) electrons. The molecule has 1 aromatic carbocycles. The summed E-state index contributed by atoms with van der Waals surface area (Å²) < 4.78 is 0. The van der Waals surface area contributed by atoms with Crippen molar-refractivity contribution in [2.24, 2.45) is 0 Å². The van der Waals surface area contributed by atoms with Crippen molar-refractivity contribution < 1.29 is 14.4 Å². The molecule has 1 saturated heterocycles. The fraction of sp³-hybridized carbons (Fsp3) is 0.429. The fourth-order valence-corrected chi connectivity index (χ4v) is 4.16. The molecular weight excluding hydrogens is 388 g/mol. The van der Waals surface area contributed by atoms with Gasteiger partial charge in [0, 0.05) is 30.5 Å². The lowest BCUT2D eigenvalue weighted by molar-refractivity contribution is -0.125. The second-order valence-electron chi connectivity index (χ2n) is 7.21. The monoisotopic (exact) mass is 414 g/mol. The number of carbonyl (C=O) groups excluding carboxylic acids is 3. The lowest BCUT2D eigenvalue weighted by Gasteiger charge is -2.13. The average molecular weight is 415 g/mol. The van der Waals surface area contributed by atoms with Gasteiger partial charge in [0.15, 0.2) is 5.13 Å². The second kappa shape index (κ2) is 9.17. The van der Waals surface area contributed by atoms with Crippen molar-refractivity contribution in [2.75, 3.05) is 25.5 Å². The summed E-state index contributed by atoms with van der Waals surface area (Å²) in [6.07, 6.45) is 2.82. The first-order chi connectivity index (χ1) is 13.9. The van der Waals surface area contributed by atoms with Crippen LogP contribution in [0.1, 0.15) is 36.6 Å². The molecule has 2 heterocycles. The Labute approximate surface area is 174 Å². The molecule has 1 aliphatic heterocycles. The van der Waals surface area contributed by atoms with E-state index in [0.29, 0.717) is 11.6 Å². The molecule has 3 rings (SSSR count). The van der Waals surface area contributed by atoms with Gasteiger partial charge in [-0.25, -0.2) is 9.78 Å². The topological polar surface area (TPSA) is 82.6 Å². The quantitative estimate of drug-likeness (QED) is 0.668. The first-order valence-corrected chi connectivity index (χ1v) is 10.6. The smallest absolute Gasteiger partial charge is 0.318 e. The summed E-state index contributed by atoms with van der Waals surface area (Å²) in [5.74, 6) is -0.390. The number of aromatic nitrogens is 1. The number of rotatable bonds is 8. The number of hydrogen-bond donors (Lipinski definition) is 1. The maximum Gasteiger partial charge on any atom is 0.326 e. The van der Waals surface area contributed by atoms with E-state index in [1.165, 1.54) is 26.7 Å². The number of nitrogens with zero attached hydrogens (tertiary/aromatic N) is 3. The molecule has 154 valence electrons. The van der Waals surface area contributed by atoms with Crippen LogP contribution in [0.2, 0.25) is 0 Å². The maximum absolute atomic E-state index is 12.2. The minimum Gasteiger partial charge on any atom is -0.318 e. The predicted octanol–water partition coefficient (Wildman–Crippen LogP) is 3.68. The maximum atomic E-state index is 12.2. The Morgan fingerprint density at radius 3 is 2.59 bits per heavy atom. The van der Waals surface area contributed by atoms with E-state index in [9.17, 15) is 14.4 Å². The van der Waals surface area contributed by atoms with Gasteiger partial charge < -0.3 is 10.2 Å². The van der Waals surface area contributed by atoms with Crippen LogP contribution >= 0.6 is 11.3 Å². The molecule has 0 saturated carbocycles. The SMILES string of the molecule is CCCc1ccc(-c2nc(NC(=O)CCCN3C(=O)CN(C)C3=O)sc2C)cc1. The highest BCUT2D eigenvalue weighted by Gasteiger charge is 2.32. The van der Waals surface area contributed by atoms with Crippen molar-refractivity contribution in [3.05, 3.63) is 34.7 Å². The van der Waals surface area contributed by atoms with Gasteiger partial charge >= 0.3 is 6.03 Å². The van der Waals surface area contributed by atoms with Crippen molar-refractivity contribution in [1.29, 1.82) is 0 Å². The number of thiazole rings is 1. The standard InChI is InChI=1S/C21H26N4O3S/c1-4-6-15-8-10-16(11-9-15)19-14(2)29-20(23-19)22-17(26)7-5-12-25-18(27)13-24(3)21(25)28/h8-11H,4-7,12-13H2,1-3H3,(H,22,23,26). The highest BCUT2D eigenvalue weighted by molar-refractivity contribution is 7.16. The van der Waals surface area contributed by atoms with Crippen molar-refractivity contribution in [1.82, 2.24) is 14.8 Å². The Morgan fingerprint density at radius 2 is 1.97 bits per heavy atom. The van der Waals surface area contributed by atoms with Gasteiger partial charge in [0.1, 0.15) is 6.54 Å². The lowest BCUT2D eigenvalue weighted by atomic mass is 10.1. The summed E-state index contributed by atoms with van der Waals surface area (Å²) in [7, 11) is 1.59. The zero-order valence-corrected chi connectivity index (χ0v) is 17.8. The zero-order valence-electron chi connectivity index (χ0n) is 17.0. The molecule has 0 bridgehead atoms. The van der Waals surface area contributed by atoms with Gasteiger partial charge in [-0.05, 0) is 25.3 Å². The van der Waals surface area contributed by atoms with Gasteiger partial charge in [-0.3, -0.25) is 14.5 Å². The van der Waals surface area contributed by atoms with Crippen LogP contribution in [0.5, 0.6) is 0 Å². The van der Waals surface area contributed by atoms with E-state index in [0.717, 1.165) is 29.0 Å². The van der Waals surface area contributed by atoms with E-state index in [2.05, 4.69) is 41.5 Å². The molecule has 1 aliphatic rings. The predicted molar refractivity (Wildman–Crippen MR) is 114 cm³/mol. The molecular formula is C21H26N4O3S. The summed E-state index contributed by atoms with van der Waals surface area (Å²) in [6, 6.07) is 8.07. The Bertz CT molecular complexity index is 907. The molecule has 1 N–H and O–H groups in total. The summed E-state index contributed by atoms with van der Waals surface area (Å²) in [5.41, 5.74) is 3.22. The van der Waals surface area contributed by atoms with Crippen LogP contribution in [0, 0.1) is 6.92 Å². The molecule has 29 heavy (non-hydrogen) atoms. The molecule has 2 aromatic rings. The van der Waals surface area contributed by atoms with E-state index < -0.39 is 0 Å². The molecule has 1 fully saturated rings. The van der Waals surface area contributed by atoms with Crippen molar-refractivity contribution in [2.45, 2.75) is 39.5 Å². The van der Waals surface area contributed by atoms with Crippen molar-refractivity contribution in [3.63, 3.8) is 0 Å². The van der Waals surface area contributed by atoms with Gasteiger partial charge in [-0.15, -0.1) is 11.3 Å². The number of hydrogen-bond acceptors (Lipinski definition) is 5. The van der Waals surface area contributed by atoms with E-state index in [-0.39, 0.29) is 37.4 Å². The second-order valence-corrected chi connectivity index (χ2v) is 8.41. The van der Waals surface area contributed by atoms with Crippen LogP contribution < -0.4 is 5.32 Å². The summed E-state index contributed by atoms with van der Waals surface area (Å²) in [6.45, 7) is 4.50. The third kappa shape index (κ3) is 5.00. The van der Waals surface area contributed by atoms with Gasteiger partial charge in [-0.1, -0.05) is 37.6 Å². The van der Waals surface area contributed by atoms with Crippen molar-refractivity contribution >= 4 is 34.3 Å². The fourth-order valence-electron chi connectivity index (χ4n) is 3.30. The first-order valence-electron chi connectivity index (χ1n) is 9.81. The molecule has 0 unspecified atom stereocenters. The lowest BCUT2D eigenvalue weighted by Crippen LogP contribution is -2.32. The number of likely N-dealkylation sites (N-methyl/N-ethyl adjacent to an activating group) is 1. The molecule has 1 aromatic heterocycles. The Morgan fingerprint density at radius 1 is 1.24 bits per heavy atom. The normalized spacial score (nSPS) is 14.0. The first kappa shape index (κ1) is 21.0. The Hall–Kier alpha value is -2.74. The summed E-state index contributed by atoms with van der Waals surface area (Å²) in [4.78, 5) is 44.0. The number of carbonyl (C=O) groups is 3. The molecule has 8 heteroatoms. The minimum absolute atomic E-state index is 0.103. The molecule has 7 nitrogen and oxygen atoms in total. The molecule has 0 atom stereocenters. The number of imide groups is 1. The Balaban J connectivity index is 1.54. The molecule has 0 spiro atoms. The number of benzene rings is 1. The van der Waals surface area contributed by atoms with Crippen LogP contribution in [0.4, 0.5) is 9.93 Å². The highest BCUT2D eigenvalue weighted by Crippen LogP contribution is 2.30. The number of aryl methyl sites for hydroxylation is 2. The number of urea groups is 1.